The molecule has 1 N–H and O–H groups in total. The molecule has 1 aromatic rings. The average molecular weight is 409 g/mol. The summed E-state index contributed by atoms with van der Waals surface area (Å²) in [5.74, 6) is 0.570. The summed E-state index contributed by atoms with van der Waals surface area (Å²) in [6.45, 7) is 5.02. The van der Waals surface area contributed by atoms with Crippen LogP contribution in [0, 0.1) is 0 Å². The lowest BCUT2D eigenvalue weighted by Crippen LogP contribution is -2.26. The molecule has 19 heavy (non-hydrogen) atoms. The van der Waals surface area contributed by atoms with Crippen LogP contribution >= 0.6 is 43.6 Å². The maximum Gasteiger partial charge on any atom is 0.283 e. The van der Waals surface area contributed by atoms with Gasteiger partial charge in [-0.1, -0.05) is 57.8 Å². The number of thioether (sulfide) groups is 1. The molecule has 0 heterocycles. The second-order valence-corrected chi connectivity index (χ2v) is 7.39. The summed E-state index contributed by atoms with van der Waals surface area (Å²) in [5.41, 5.74) is 1.33. The summed E-state index contributed by atoms with van der Waals surface area (Å²) in [4.78, 5) is 13.0. The van der Waals surface area contributed by atoms with E-state index in [1.807, 2.05) is 12.1 Å². The number of carbonyl (C=O) groups is 1. The number of benzene rings is 1. The van der Waals surface area contributed by atoms with Crippen LogP contribution in [-0.4, -0.2) is 21.9 Å². The number of hydrogen-bond acceptors (Lipinski definition) is 2. The Hall–Kier alpha value is 0. The van der Waals surface area contributed by atoms with Crippen molar-refractivity contribution in [3.63, 3.8) is 0 Å². The van der Waals surface area contributed by atoms with Gasteiger partial charge in [0.15, 0.2) is 0 Å². The Labute approximate surface area is 136 Å². The Morgan fingerprint density at radius 3 is 2.53 bits per heavy atom. The molecule has 5 heteroatoms. The standard InChI is InChI=1S/C14H19Br2NOS/c1-3-10(2)11-4-6-13(7-5-11)19-14(18)17-9-12(16)8-15/h4-7,10,12H,3,8-9H2,1-2H3,(H,17,18)/t10-,12?/m0/s1. The van der Waals surface area contributed by atoms with E-state index in [9.17, 15) is 4.79 Å². The monoisotopic (exact) mass is 407 g/mol. The Kier molecular flexibility index (Phi) is 8.11. The maximum absolute atomic E-state index is 11.7. The van der Waals surface area contributed by atoms with Crippen LogP contribution in [0.1, 0.15) is 31.7 Å². The van der Waals surface area contributed by atoms with Crippen LogP contribution in [-0.2, 0) is 0 Å². The van der Waals surface area contributed by atoms with E-state index < -0.39 is 0 Å². The van der Waals surface area contributed by atoms with Crippen molar-refractivity contribution in [3.05, 3.63) is 29.8 Å². The smallest absolute Gasteiger partial charge is 0.283 e. The normalized spacial score (nSPS) is 13.9. The first-order chi connectivity index (χ1) is 9.06. The van der Waals surface area contributed by atoms with Gasteiger partial charge in [0.1, 0.15) is 0 Å². The van der Waals surface area contributed by atoms with Crippen LogP contribution < -0.4 is 5.32 Å². The Morgan fingerprint density at radius 2 is 2.00 bits per heavy atom. The summed E-state index contributed by atoms with van der Waals surface area (Å²) < 4.78 is 0. The first-order valence-corrected chi connectivity index (χ1v) is 9.17. The molecule has 1 rings (SSSR count). The van der Waals surface area contributed by atoms with E-state index in [2.05, 4.69) is 63.2 Å². The molecule has 0 fully saturated rings. The quantitative estimate of drug-likeness (QED) is 0.520. The predicted molar refractivity (Wildman–Crippen MR) is 90.9 cm³/mol. The molecule has 0 spiro atoms. The lowest BCUT2D eigenvalue weighted by atomic mass is 9.99. The van der Waals surface area contributed by atoms with Crippen molar-refractivity contribution in [1.29, 1.82) is 0 Å². The molecular weight excluding hydrogens is 390 g/mol. The van der Waals surface area contributed by atoms with Crippen molar-refractivity contribution in [2.45, 2.75) is 35.9 Å². The molecule has 0 aromatic heterocycles. The highest BCUT2D eigenvalue weighted by atomic mass is 79.9. The molecule has 106 valence electrons. The minimum absolute atomic E-state index is 0.0123. The summed E-state index contributed by atoms with van der Waals surface area (Å²) >= 11 is 8.05. The lowest BCUT2D eigenvalue weighted by Gasteiger charge is -2.10. The number of amides is 1. The second-order valence-electron chi connectivity index (χ2n) is 4.40. The Bertz CT molecular complexity index is 397. The van der Waals surface area contributed by atoms with Gasteiger partial charge in [-0.2, -0.15) is 0 Å². The van der Waals surface area contributed by atoms with Crippen molar-refractivity contribution in [1.82, 2.24) is 5.32 Å². The van der Waals surface area contributed by atoms with Crippen LogP contribution in [0.25, 0.3) is 0 Å². The summed E-state index contributed by atoms with van der Waals surface area (Å²) in [5, 5.41) is 3.69. The molecule has 0 saturated carbocycles. The Balaban J connectivity index is 2.46. The van der Waals surface area contributed by atoms with Gasteiger partial charge in [-0.25, -0.2) is 0 Å². The van der Waals surface area contributed by atoms with Gasteiger partial charge in [0.2, 0.25) is 0 Å². The summed E-state index contributed by atoms with van der Waals surface area (Å²) in [7, 11) is 0. The number of nitrogens with one attached hydrogen (secondary N) is 1. The average Bonchev–Trinajstić information content (AvgIpc) is 2.44. The molecule has 2 nitrogen and oxygen atoms in total. The molecule has 2 atom stereocenters. The number of hydrogen-bond donors (Lipinski definition) is 1. The van der Waals surface area contributed by atoms with Gasteiger partial charge >= 0.3 is 0 Å². The van der Waals surface area contributed by atoms with Crippen LogP contribution in [0.15, 0.2) is 29.2 Å². The molecule has 0 radical (unpaired) electrons. The zero-order valence-corrected chi connectivity index (χ0v) is 15.1. The fraction of sp³-hybridized carbons (Fsp3) is 0.500. The van der Waals surface area contributed by atoms with Crippen molar-refractivity contribution in [2.24, 2.45) is 0 Å². The zero-order valence-electron chi connectivity index (χ0n) is 11.2. The third-order valence-electron chi connectivity index (χ3n) is 2.91. The minimum atomic E-state index is -0.0123. The first-order valence-electron chi connectivity index (χ1n) is 6.32. The van der Waals surface area contributed by atoms with E-state index in [4.69, 9.17) is 0 Å². The van der Waals surface area contributed by atoms with E-state index in [0.717, 1.165) is 16.6 Å². The number of rotatable bonds is 6. The van der Waals surface area contributed by atoms with Gasteiger partial charge in [0.05, 0.1) is 0 Å². The molecule has 1 amide bonds. The minimum Gasteiger partial charge on any atom is -0.346 e. The second kappa shape index (κ2) is 9.03. The third-order valence-corrected chi connectivity index (χ3v) is 6.04. The Morgan fingerprint density at radius 1 is 1.37 bits per heavy atom. The SMILES string of the molecule is CC[C@H](C)c1ccc(SC(=O)NCC(Br)CBr)cc1. The molecule has 0 aliphatic carbocycles. The topological polar surface area (TPSA) is 29.1 Å². The molecule has 0 bridgehead atoms. The molecule has 1 unspecified atom stereocenters. The van der Waals surface area contributed by atoms with E-state index in [1.165, 1.54) is 17.3 Å². The van der Waals surface area contributed by atoms with E-state index in [-0.39, 0.29) is 10.1 Å². The van der Waals surface area contributed by atoms with E-state index in [0.29, 0.717) is 12.5 Å². The molecule has 0 aliphatic heterocycles. The number of carbonyl (C=O) groups excluding carboxylic acids is 1. The highest BCUT2D eigenvalue weighted by molar-refractivity contribution is 9.12. The van der Waals surface area contributed by atoms with Crippen LogP contribution in [0.3, 0.4) is 0 Å². The first kappa shape index (κ1) is 17.1. The highest BCUT2D eigenvalue weighted by Crippen LogP contribution is 2.23. The number of alkyl halides is 2. The van der Waals surface area contributed by atoms with Gasteiger partial charge in [-0.3, -0.25) is 4.79 Å². The van der Waals surface area contributed by atoms with Crippen molar-refractivity contribution >= 4 is 48.9 Å². The number of halogens is 2. The van der Waals surface area contributed by atoms with Crippen LogP contribution in [0.5, 0.6) is 0 Å². The van der Waals surface area contributed by atoms with Crippen LogP contribution in [0.2, 0.25) is 0 Å². The van der Waals surface area contributed by atoms with Crippen LogP contribution in [0.4, 0.5) is 4.79 Å². The van der Waals surface area contributed by atoms with Gasteiger partial charge in [0, 0.05) is 21.6 Å². The maximum atomic E-state index is 11.7. The van der Waals surface area contributed by atoms with Gasteiger partial charge in [-0.05, 0) is 41.8 Å². The molecule has 0 saturated heterocycles. The zero-order chi connectivity index (χ0) is 14.3. The third kappa shape index (κ3) is 6.32. The predicted octanol–water partition coefficient (Wildman–Crippen LogP) is 5.16. The van der Waals surface area contributed by atoms with Crippen molar-refractivity contribution in [2.75, 3.05) is 11.9 Å². The summed E-state index contributed by atoms with van der Waals surface area (Å²) in [6.07, 6.45) is 1.13. The highest BCUT2D eigenvalue weighted by Gasteiger charge is 2.08. The molecule has 1 aromatic carbocycles. The van der Waals surface area contributed by atoms with E-state index >= 15 is 0 Å². The van der Waals surface area contributed by atoms with Crippen molar-refractivity contribution < 1.29 is 4.79 Å². The lowest BCUT2D eigenvalue weighted by molar-refractivity contribution is 0.261. The molecule has 0 aliphatic rings. The fourth-order valence-electron chi connectivity index (χ4n) is 1.49. The fourth-order valence-corrected chi connectivity index (χ4v) is 2.52. The van der Waals surface area contributed by atoms with Crippen molar-refractivity contribution in [3.8, 4) is 0 Å². The van der Waals surface area contributed by atoms with E-state index in [1.54, 1.807) is 0 Å². The largest absolute Gasteiger partial charge is 0.346 e. The van der Waals surface area contributed by atoms with Gasteiger partial charge in [-0.15, -0.1) is 0 Å². The summed E-state index contributed by atoms with van der Waals surface area (Å²) in [6, 6.07) is 8.24. The van der Waals surface area contributed by atoms with Gasteiger partial charge in [0.25, 0.3) is 5.24 Å². The molecular formula is C14H19Br2NOS. The van der Waals surface area contributed by atoms with Gasteiger partial charge < -0.3 is 5.32 Å².